The topological polar surface area (TPSA) is 106 Å². The van der Waals surface area contributed by atoms with Crippen molar-refractivity contribution in [3.63, 3.8) is 0 Å². The van der Waals surface area contributed by atoms with Gasteiger partial charge in [0.2, 0.25) is 5.95 Å². The van der Waals surface area contributed by atoms with E-state index < -0.39 is 11.2 Å². The molecule has 0 amide bonds. The van der Waals surface area contributed by atoms with E-state index in [0.29, 0.717) is 29.3 Å². The molecule has 0 atom stereocenters. The number of phenolic OH excluding ortho intramolecular Hbond substituents is 1. The van der Waals surface area contributed by atoms with Gasteiger partial charge in [-0.2, -0.15) is 10.1 Å². The van der Waals surface area contributed by atoms with E-state index in [1.54, 1.807) is 42.8 Å². The van der Waals surface area contributed by atoms with Crippen LogP contribution in [-0.4, -0.2) is 29.5 Å². The summed E-state index contributed by atoms with van der Waals surface area (Å²) >= 11 is 0. The molecule has 0 saturated carbocycles. The molecule has 2 aromatic heterocycles. The molecule has 0 aliphatic heterocycles. The molecule has 9 heteroatoms. The van der Waals surface area contributed by atoms with Gasteiger partial charge < -0.3 is 5.11 Å². The molecule has 9 nitrogen and oxygen atoms in total. The minimum atomic E-state index is -0.456. The number of hydrogen-bond acceptors (Lipinski definition) is 6. The van der Waals surface area contributed by atoms with Crippen LogP contribution in [0.4, 0.5) is 5.95 Å². The molecule has 32 heavy (non-hydrogen) atoms. The molecule has 0 aliphatic rings. The molecule has 4 rings (SSSR count). The number of aromatic hydroxyl groups is 1. The van der Waals surface area contributed by atoms with Gasteiger partial charge in [-0.05, 0) is 31.5 Å². The Morgan fingerprint density at radius 1 is 1.06 bits per heavy atom. The van der Waals surface area contributed by atoms with E-state index in [1.165, 1.54) is 11.6 Å². The number of para-hydroxylation sites is 1. The summed E-state index contributed by atoms with van der Waals surface area (Å²) in [6.07, 6.45) is 0. The van der Waals surface area contributed by atoms with E-state index in [2.05, 4.69) is 15.5 Å². The quantitative estimate of drug-likeness (QED) is 0.372. The standard InChI is InChI=1S/C23H24N6O3/c1-14-9-11-16(12-10-14)13-29-19-20(27(3)23(32)28(4)21(19)31)24-22(29)26-25-15(2)17-7-5-6-8-18(17)30/h5-12,30H,13H2,1-4H3,(H,24,26). The van der Waals surface area contributed by atoms with Crippen LogP contribution in [0, 0.1) is 6.92 Å². The lowest BCUT2D eigenvalue weighted by Crippen LogP contribution is -2.37. The Morgan fingerprint density at radius 2 is 1.75 bits per heavy atom. The Balaban J connectivity index is 1.86. The van der Waals surface area contributed by atoms with Crippen molar-refractivity contribution in [2.24, 2.45) is 19.2 Å². The number of imidazole rings is 1. The number of phenols is 1. The third-order valence-corrected chi connectivity index (χ3v) is 5.43. The zero-order valence-corrected chi connectivity index (χ0v) is 18.3. The second kappa shape index (κ2) is 8.18. The molecule has 0 saturated heterocycles. The highest BCUT2D eigenvalue weighted by atomic mass is 16.3. The predicted molar refractivity (Wildman–Crippen MR) is 124 cm³/mol. The lowest BCUT2D eigenvalue weighted by Gasteiger charge is -2.10. The van der Waals surface area contributed by atoms with Crippen LogP contribution in [0.5, 0.6) is 5.75 Å². The van der Waals surface area contributed by atoms with Gasteiger partial charge in [-0.25, -0.2) is 10.2 Å². The maximum atomic E-state index is 13.0. The SMILES string of the molecule is CC(=NNc1nc2c(c(=O)n(C)c(=O)n2C)n1Cc1ccc(C)cc1)c1ccccc1O. The van der Waals surface area contributed by atoms with Crippen LogP contribution < -0.4 is 16.7 Å². The third-order valence-electron chi connectivity index (χ3n) is 5.43. The first-order valence-corrected chi connectivity index (χ1v) is 10.1. The average molecular weight is 432 g/mol. The van der Waals surface area contributed by atoms with Gasteiger partial charge in [0.05, 0.1) is 12.3 Å². The van der Waals surface area contributed by atoms with Crippen LogP contribution in [0.15, 0.2) is 63.2 Å². The fraction of sp³-hybridized carbons (Fsp3) is 0.217. The van der Waals surface area contributed by atoms with Crippen molar-refractivity contribution in [2.45, 2.75) is 20.4 Å². The molecule has 0 radical (unpaired) electrons. The van der Waals surface area contributed by atoms with Crippen LogP contribution in [0.25, 0.3) is 11.2 Å². The van der Waals surface area contributed by atoms with E-state index in [9.17, 15) is 14.7 Å². The van der Waals surface area contributed by atoms with Gasteiger partial charge in [-0.15, -0.1) is 0 Å². The van der Waals surface area contributed by atoms with Crippen LogP contribution >= 0.6 is 0 Å². The highest BCUT2D eigenvalue weighted by Crippen LogP contribution is 2.20. The number of aryl methyl sites for hydroxylation is 2. The lowest BCUT2D eigenvalue weighted by atomic mass is 10.1. The number of anilines is 1. The number of hydrazone groups is 1. The van der Waals surface area contributed by atoms with Gasteiger partial charge in [0.15, 0.2) is 11.2 Å². The summed E-state index contributed by atoms with van der Waals surface area (Å²) in [5.41, 5.74) is 5.81. The smallest absolute Gasteiger partial charge is 0.332 e. The Morgan fingerprint density at radius 3 is 2.44 bits per heavy atom. The van der Waals surface area contributed by atoms with Crippen LogP contribution in [0.1, 0.15) is 23.6 Å². The number of nitrogens with one attached hydrogen (secondary N) is 1. The highest BCUT2D eigenvalue weighted by molar-refractivity contribution is 6.01. The summed E-state index contributed by atoms with van der Waals surface area (Å²) in [5.74, 6) is 0.425. The largest absolute Gasteiger partial charge is 0.507 e. The first-order chi connectivity index (χ1) is 15.3. The van der Waals surface area contributed by atoms with Gasteiger partial charge in [0.25, 0.3) is 5.56 Å². The normalized spacial score (nSPS) is 11.8. The van der Waals surface area contributed by atoms with Gasteiger partial charge in [-0.3, -0.25) is 18.5 Å². The van der Waals surface area contributed by atoms with Crippen molar-refractivity contribution < 1.29 is 5.11 Å². The monoisotopic (exact) mass is 432 g/mol. The first-order valence-electron chi connectivity index (χ1n) is 10.1. The molecule has 0 unspecified atom stereocenters. The van der Waals surface area contributed by atoms with E-state index in [1.807, 2.05) is 31.2 Å². The molecule has 0 bridgehead atoms. The molecule has 4 aromatic rings. The Hall–Kier alpha value is -4.14. The van der Waals surface area contributed by atoms with Gasteiger partial charge >= 0.3 is 5.69 Å². The fourth-order valence-electron chi connectivity index (χ4n) is 3.54. The number of benzene rings is 2. The molecular formula is C23H24N6O3. The third kappa shape index (κ3) is 3.68. The number of fused-ring (bicyclic) bond motifs is 1. The average Bonchev–Trinajstić information content (AvgIpc) is 3.14. The predicted octanol–water partition coefficient (Wildman–Crippen LogP) is 2.33. The number of hydrogen-bond donors (Lipinski definition) is 2. The molecule has 2 heterocycles. The number of nitrogens with zero attached hydrogens (tertiary/aromatic N) is 5. The summed E-state index contributed by atoms with van der Waals surface area (Å²) in [7, 11) is 3.02. The number of rotatable bonds is 5. The highest BCUT2D eigenvalue weighted by Gasteiger charge is 2.19. The molecule has 0 spiro atoms. The summed E-state index contributed by atoms with van der Waals surface area (Å²) in [4.78, 5) is 29.9. The maximum absolute atomic E-state index is 13.0. The van der Waals surface area contributed by atoms with Crippen LogP contribution in [0.2, 0.25) is 0 Å². The van der Waals surface area contributed by atoms with Crippen molar-refractivity contribution in [1.29, 1.82) is 0 Å². The molecule has 2 aromatic carbocycles. The first kappa shape index (κ1) is 21.1. The van der Waals surface area contributed by atoms with Gasteiger partial charge in [-0.1, -0.05) is 42.0 Å². The van der Waals surface area contributed by atoms with Crippen LogP contribution in [0.3, 0.4) is 0 Å². The fourth-order valence-corrected chi connectivity index (χ4v) is 3.54. The van der Waals surface area contributed by atoms with E-state index in [4.69, 9.17) is 0 Å². The molecule has 164 valence electrons. The Kier molecular flexibility index (Phi) is 5.40. The molecule has 0 fully saturated rings. The molecule has 2 N–H and O–H groups in total. The summed E-state index contributed by atoms with van der Waals surface area (Å²) in [5, 5.41) is 14.5. The summed E-state index contributed by atoms with van der Waals surface area (Å²) in [6, 6.07) is 14.8. The van der Waals surface area contributed by atoms with E-state index >= 15 is 0 Å². The zero-order valence-electron chi connectivity index (χ0n) is 18.3. The maximum Gasteiger partial charge on any atom is 0.332 e. The minimum Gasteiger partial charge on any atom is -0.507 e. The zero-order chi connectivity index (χ0) is 23.0. The minimum absolute atomic E-state index is 0.111. The molecule has 0 aliphatic carbocycles. The van der Waals surface area contributed by atoms with Gasteiger partial charge in [0.1, 0.15) is 5.75 Å². The van der Waals surface area contributed by atoms with Crippen molar-refractivity contribution in [3.05, 3.63) is 86.1 Å². The second-order valence-electron chi connectivity index (χ2n) is 7.71. The lowest BCUT2D eigenvalue weighted by molar-refractivity contribution is 0.474. The van der Waals surface area contributed by atoms with Crippen molar-refractivity contribution in [2.75, 3.05) is 5.43 Å². The molecular weight excluding hydrogens is 408 g/mol. The van der Waals surface area contributed by atoms with Crippen LogP contribution in [-0.2, 0) is 20.6 Å². The van der Waals surface area contributed by atoms with E-state index in [0.717, 1.165) is 15.7 Å². The second-order valence-corrected chi connectivity index (χ2v) is 7.71. The van der Waals surface area contributed by atoms with Gasteiger partial charge in [0, 0.05) is 19.7 Å². The van der Waals surface area contributed by atoms with E-state index in [-0.39, 0.29) is 11.4 Å². The summed E-state index contributed by atoms with van der Waals surface area (Å²) < 4.78 is 4.12. The number of aromatic nitrogens is 4. The Bertz CT molecular complexity index is 1460. The summed E-state index contributed by atoms with van der Waals surface area (Å²) in [6.45, 7) is 4.12. The van der Waals surface area contributed by atoms with Crippen molar-refractivity contribution >= 4 is 22.8 Å². The van der Waals surface area contributed by atoms with Crippen molar-refractivity contribution in [1.82, 2.24) is 18.7 Å². The Labute approximate surface area is 183 Å². The van der Waals surface area contributed by atoms with Crippen molar-refractivity contribution in [3.8, 4) is 5.75 Å².